The standard InChI is InChI=1S/C11H15N5O2/c1-6-10(17)16(4)8-7(12-6)9(18-5)14-11(13-8)15(2)3/h1-5H3. The number of rotatable bonds is 2. The maximum absolute atomic E-state index is 11.8. The van der Waals surface area contributed by atoms with Gasteiger partial charge in [0.05, 0.1) is 7.11 Å². The first-order valence-electron chi connectivity index (χ1n) is 5.42. The van der Waals surface area contributed by atoms with Gasteiger partial charge in [-0.05, 0) is 6.92 Å². The predicted octanol–water partition coefficient (Wildman–Crippen LogP) is 0.107. The van der Waals surface area contributed by atoms with Crippen molar-refractivity contribution in [3.63, 3.8) is 0 Å². The van der Waals surface area contributed by atoms with Crippen molar-refractivity contribution in [2.24, 2.45) is 7.05 Å². The molecule has 96 valence electrons. The molecule has 0 aliphatic rings. The number of aromatic nitrogens is 4. The maximum Gasteiger partial charge on any atom is 0.273 e. The third kappa shape index (κ3) is 1.77. The number of fused-ring (bicyclic) bond motifs is 1. The number of aryl methyl sites for hydroxylation is 2. The normalized spacial score (nSPS) is 10.7. The SMILES string of the molecule is COc1nc(N(C)C)nc2c1nc(C)c(=O)n2C. The van der Waals surface area contributed by atoms with Crippen molar-refractivity contribution in [1.29, 1.82) is 0 Å². The minimum absolute atomic E-state index is 0.173. The molecule has 0 radical (unpaired) electrons. The summed E-state index contributed by atoms with van der Waals surface area (Å²) in [6.45, 7) is 1.65. The summed E-state index contributed by atoms with van der Waals surface area (Å²) in [5.74, 6) is 0.836. The van der Waals surface area contributed by atoms with E-state index in [1.54, 1.807) is 18.9 Å². The fourth-order valence-electron chi connectivity index (χ4n) is 1.64. The summed E-state index contributed by atoms with van der Waals surface area (Å²) in [5.41, 5.74) is 1.17. The van der Waals surface area contributed by atoms with Crippen LogP contribution in [0.25, 0.3) is 11.2 Å². The first-order chi connectivity index (χ1) is 8.45. The van der Waals surface area contributed by atoms with Crippen molar-refractivity contribution in [1.82, 2.24) is 19.5 Å². The summed E-state index contributed by atoms with van der Waals surface area (Å²) in [6.07, 6.45) is 0. The molecule has 0 bridgehead atoms. The van der Waals surface area contributed by atoms with Crippen LogP contribution in [0.3, 0.4) is 0 Å². The molecule has 0 saturated heterocycles. The Morgan fingerprint density at radius 2 is 1.89 bits per heavy atom. The van der Waals surface area contributed by atoms with Gasteiger partial charge < -0.3 is 9.64 Å². The van der Waals surface area contributed by atoms with Gasteiger partial charge in [0.1, 0.15) is 5.69 Å². The van der Waals surface area contributed by atoms with Crippen molar-refractivity contribution in [3.05, 3.63) is 16.0 Å². The van der Waals surface area contributed by atoms with Gasteiger partial charge in [0.25, 0.3) is 5.56 Å². The Morgan fingerprint density at radius 1 is 1.22 bits per heavy atom. The van der Waals surface area contributed by atoms with Gasteiger partial charge in [0.2, 0.25) is 11.8 Å². The average molecular weight is 249 g/mol. The van der Waals surface area contributed by atoms with Crippen LogP contribution < -0.4 is 15.2 Å². The lowest BCUT2D eigenvalue weighted by atomic mass is 10.4. The zero-order chi connectivity index (χ0) is 13.4. The second kappa shape index (κ2) is 4.25. The molecule has 0 fully saturated rings. The molecule has 2 rings (SSSR count). The molecule has 0 N–H and O–H groups in total. The van der Waals surface area contributed by atoms with Crippen molar-refractivity contribution >= 4 is 17.1 Å². The van der Waals surface area contributed by atoms with Crippen LogP contribution in [0.2, 0.25) is 0 Å². The first-order valence-corrected chi connectivity index (χ1v) is 5.42. The Balaban J connectivity index is 2.93. The maximum atomic E-state index is 11.8. The Kier molecular flexibility index (Phi) is 2.90. The lowest BCUT2D eigenvalue weighted by molar-refractivity contribution is 0.401. The van der Waals surface area contributed by atoms with E-state index in [-0.39, 0.29) is 5.56 Å². The molecule has 0 unspecified atom stereocenters. The van der Waals surface area contributed by atoms with Crippen LogP contribution in [0.4, 0.5) is 5.95 Å². The van der Waals surface area contributed by atoms with Crippen molar-refractivity contribution in [3.8, 4) is 5.88 Å². The summed E-state index contributed by atoms with van der Waals surface area (Å²) in [5, 5.41) is 0. The lowest BCUT2D eigenvalue weighted by Crippen LogP contribution is -2.23. The largest absolute Gasteiger partial charge is 0.479 e. The number of hydrogen-bond donors (Lipinski definition) is 0. The van der Waals surface area contributed by atoms with Crippen molar-refractivity contribution in [2.45, 2.75) is 6.92 Å². The number of ether oxygens (including phenoxy) is 1. The Morgan fingerprint density at radius 3 is 2.44 bits per heavy atom. The van der Waals surface area contributed by atoms with Gasteiger partial charge in [-0.2, -0.15) is 9.97 Å². The molecule has 2 aromatic rings. The highest BCUT2D eigenvalue weighted by molar-refractivity contribution is 5.77. The second-order valence-electron chi connectivity index (χ2n) is 4.16. The monoisotopic (exact) mass is 249 g/mol. The molecule has 18 heavy (non-hydrogen) atoms. The number of anilines is 1. The van der Waals surface area contributed by atoms with E-state index in [4.69, 9.17) is 4.74 Å². The predicted molar refractivity (Wildman–Crippen MR) is 68.2 cm³/mol. The third-order valence-electron chi connectivity index (χ3n) is 2.63. The first kappa shape index (κ1) is 12.3. The number of methoxy groups -OCH3 is 1. The molecule has 0 spiro atoms. The van der Waals surface area contributed by atoms with Gasteiger partial charge in [-0.1, -0.05) is 0 Å². The molecule has 0 atom stereocenters. The average Bonchev–Trinajstić information content (AvgIpc) is 2.35. The van der Waals surface area contributed by atoms with Crippen molar-refractivity contribution in [2.75, 3.05) is 26.1 Å². The van der Waals surface area contributed by atoms with Gasteiger partial charge in [-0.15, -0.1) is 0 Å². The van der Waals surface area contributed by atoms with Gasteiger partial charge in [0.15, 0.2) is 11.2 Å². The van der Waals surface area contributed by atoms with Gasteiger partial charge in [-0.25, -0.2) is 4.98 Å². The van der Waals surface area contributed by atoms with E-state index in [0.717, 1.165) is 0 Å². The van der Waals surface area contributed by atoms with Gasteiger partial charge in [-0.3, -0.25) is 9.36 Å². The number of nitrogens with zero attached hydrogens (tertiary/aromatic N) is 5. The lowest BCUT2D eigenvalue weighted by Gasteiger charge is -2.14. The van der Waals surface area contributed by atoms with E-state index in [1.807, 2.05) is 14.1 Å². The third-order valence-corrected chi connectivity index (χ3v) is 2.63. The van der Waals surface area contributed by atoms with E-state index < -0.39 is 0 Å². The zero-order valence-electron chi connectivity index (χ0n) is 11.1. The molecular weight excluding hydrogens is 234 g/mol. The quantitative estimate of drug-likeness (QED) is 0.752. The topological polar surface area (TPSA) is 73.1 Å². The van der Waals surface area contributed by atoms with Crippen LogP contribution >= 0.6 is 0 Å². The molecule has 2 aromatic heterocycles. The van der Waals surface area contributed by atoms with Crippen LogP contribution in [0.5, 0.6) is 5.88 Å². The summed E-state index contributed by atoms with van der Waals surface area (Å²) < 4.78 is 6.67. The zero-order valence-corrected chi connectivity index (χ0v) is 11.1. The molecule has 7 heteroatoms. The molecule has 2 heterocycles. The summed E-state index contributed by atoms with van der Waals surface area (Å²) >= 11 is 0. The van der Waals surface area contributed by atoms with Gasteiger partial charge >= 0.3 is 0 Å². The molecule has 7 nitrogen and oxygen atoms in total. The highest BCUT2D eigenvalue weighted by Gasteiger charge is 2.15. The molecule has 0 aromatic carbocycles. The molecule has 0 amide bonds. The minimum Gasteiger partial charge on any atom is -0.479 e. The van der Waals surface area contributed by atoms with Crippen LogP contribution in [0, 0.1) is 6.92 Å². The van der Waals surface area contributed by atoms with Crippen LogP contribution in [0.1, 0.15) is 5.69 Å². The fraction of sp³-hybridized carbons (Fsp3) is 0.455. The summed E-state index contributed by atoms with van der Waals surface area (Å²) in [4.78, 5) is 26.4. The summed E-state index contributed by atoms with van der Waals surface area (Å²) in [7, 11) is 6.81. The van der Waals surface area contributed by atoms with E-state index in [9.17, 15) is 4.79 Å². The Bertz CT molecular complexity index is 663. The number of hydrogen-bond acceptors (Lipinski definition) is 6. The van der Waals surface area contributed by atoms with Crippen molar-refractivity contribution < 1.29 is 4.74 Å². The van der Waals surface area contributed by atoms with E-state index in [0.29, 0.717) is 28.7 Å². The van der Waals surface area contributed by atoms with E-state index >= 15 is 0 Å². The Hall–Kier alpha value is -2.18. The fourth-order valence-corrected chi connectivity index (χ4v) is 1.64. The Labute approximate surface area is 104 Å². The van der Waals surface area contributed by atoms with Crippen LogP contribution in [0.15, 0.2) is 4.79 Å². The van der Waals surface area contributed by atoms with E-state index in [1.165, 1.54) is 11.7 Å². The highest BCUT2D eigenvalue weighted by Crippen LogP contribution is 2.21. The smallest absolute Gasteiger partial charge is 0.273 e. The van der Waals surface area contributed by atoms with Gasteiger partial charge in [0, 0.05) is 21.1 Å². The molecular formula is C11H15N5O2. The molecule has 0 aliphatic heterocycles. The van der Waals surface area contributed by atoms with Crippen LogP contribution in [-0.4, -0.2) is 40.7 Å². The molecule has 0 aliphatic carbocycles. The van der Waals surface area contributed by atoms with E-state index in [2.05, 4.69) is 15.0 Å². The molecule has 0 saturated carbocycles. The highest BCUT2D eigenvalue weighted by atomic mass is 16.5. The summed E-state index contributed by atoms with van der Waals surface area (Å²) in [6, 6.07) is 0. The minimum atomic E-state index is -0.173. The second-order valence-corrected chi connectivity index (χ2v) is 4.16. The van der Waals surface area contributed by atoms with Crippen LogP contribution in [-0.2, 0) is 7.05 Å².